The minimum atomic E-state index is -1.14. The van der Waals surface area contributed by atoms with E-state index in [1.165, 1.54) is 4.90 Å². The highest BCUT2D eigenvalue weighted by Gasteiger charge is 2.49. The summed E-state index contributed by atoms with van der Waals surface area (Å²) in [6.07, 6.45) is 3.81. The molecular weight excluding hydrogens is 392 g/mol. The highest BCUT2D eigenvalue weighted by atomic mass is 16.5. The number of urea groups is 1. The lowest BCUT2D eigenvalue weighted by Gasteiger charge is -2.22. The Morgan fingerprint density at radius 2 is 1.81 bits per heavy atom. The van der Waals surface area contributed by atoms with Crippen molar-refractivity contribution >= 4 is 28.4 Å². The van der Waals surface area contributed by atoms with Crippen molar-refractivity contribution in [2.75, 3.05) is 7.11 Å². The Morgan fingerprint density at radius 1 is 1.03 bits per heavy atom. The molecule has 1 saturated heterocycles. The maximum Gasteiger partial charge on any atom is 0.325 e. The molecule has 1 atom stereocenters. The molecule has 1 aliphatic heterocycles. The number of aromatic nitrogens is 2. The molecule has 0 spiro atoms. The van der Waals surface area contributed by atoms with Gasteiger partial charge in [0.25, 0.3) is 5.91 Å². The first-order valence-corrected chi connectivity index (χ1v) is 10.0. The smallest absolute Gasteiger partial charge is 0.325 e. The Morgan fingerprint density at radius 3 is 2.61 bits per heavy atom. The first kappa shape index (κ1) is 19.1. The SMILES string of the molecule is COc1ccc2cc([C@@]3(C)NC(=O)N(Cc4cn5cc(C)ccc5n4)C3=O)ccc2c1. The van der Waals surface area contributed by atoms with Gasteiger partial charge >= 0.3 is 6.03 Å². The number of imide groups is 1. The second kappa shape index (κ2) is 6.84. The van der Waals surface area contributed by atoms with Gasteiger partial charge < -0.3 is 14.5 Å². The molecule has 3 heterocycles. The van der Waals surface area contributed by atoms with Gasteiger partial charge in [-0.3, -0.25) is 9.69 Å². The van der Waals surface area contributed by atoms with Crippen LogP contribution in [0.15, 0.2) is 60.9 Å². The first-order chi connectivity index (χ1) is 14.9. The lowest BCUT2D eigenvalue weighted by atomic mass is 9.90. The van der Waals surface area contributed by atoms with Crippen LogP contribution in [-0.2, 0) is 16.9 Å². The molecule has 0 bridgehead atoms. The number of hydrogen-bond donors (Lipinski definition) is 1. The zero-order valence-corrected chi connectivity index (χ0v) is 17.5. The molecule has 156 valence electrons. The van der Waals surface area contributed by atoms with Crippen LogP contribution in [-0.4, -0.2) is 33.3 Å². The predicted octanol–water partition coefficient (Wildman–Crippen LogP) is 3.77. The van der Waals surface area contributed by atoms with Crippen LogP contribution >= 0.6 is 0 Å². The van der Waals surface area contributed by atoms with Crippen LogP contribution in [0, 0.1) is 6.92 Å². The largest absolute Gasteiger partial charge is 0.497 e. The van der Waals surface area contributed by atoms with Gasteiger partial charge in [0.15, 0.2) is 0 Å². The molecule has 4 aromatic rings. The third kappa shape index (κ3) is 3.09. The third-order valence-electron chi connectivity index (χ3n) is 5.87. The molecular formula is C24H22N4O3. The van der Waals surface area contributed by atoms with E-state index in [9.17, 15) is 9.59 Å². The Labute approximate surface area is 179 Å². The third-order valence-corrected chi connectivity index (χ3v) is 5.87. The van der Waals surface area contributed by atoms with Crippen molar-refractivity contribution in [2.45, 2.75) is 25.9 Å². The number of hydrogen-bond acceptors (Lipinski definition) is 4. The maximum absolute atomic E-state index is 13.3. The van der Waals surface area contributed by atoms with Gasteiger partial charge in [-0.2, -0.15) is 0 Å². The Balaban J connectivity index is 1.46. The number of amides is 3. The molecule has 2 aromatic heterocycles. The number of ether oxygens (including phenoxy) is 1. The Hall–Kier alpha value is -3.87. The number of rotatable bonds is 4. The summed E-state index contributed by atoms with van der Waals surface area (Å²) in [4.78, 5) is 31.8. The normalized spacial score (nSPS) is 18.7. The fraction of sp³-hybridized carbons (Fsp3) is 0.208. The number of nitrogens with one attached hydrogen (secondary N) is 1. The number of aryl methyl sites for hydroxylation is 1. The minimum absolute atomic E-state index is 0.117. The molecule has 3 amide bonds. The van der Waals surface area contributed by atoms with Crippen molar-refractivity contribution in [3.05, 3.63) is 77.7 Å². The van der Waals surface area contributed by atoms with Gasteiger partial charge in [0.05, 0.1) is 19.3 Å². The zero-order valence-electron chi connectivity index (χ0n) is 17.5. The maximum atomic E-state index is 13.3. The van der Waals surface area contributed by atoms with Crippen molar-refractivity contribution in [2.24, 2.45) is 0 Å². The molecule has 1 aliphatic rings. The highest BCUT2D eigenvalue weighted by molar-refractivity contribution is 6.07. The Kier molecular flexibility index (Phi) is 4.22. The van der Waals surface area contributed by atoms with E-state index in [1.807, 2.05) is 72.2 Å². The average Bonchev–Trinajstić information content (AvgIpc) is 3.26. The van der Waals surface area contributed by atoms with Gasteiger partial charge in [0, 0.05) is 12.4 Å². The van der Waals surface area contributed by atoms with E-state index in [0.717, 1.165) is 33.3 Å². The minimum Gasteiger partial charge on any atom is -0.497 e. The van der Waals surface area contributed by atoms with Crippen molar-refractivity contribution in [1.29, 1.82) is 0 Å². The Bertz CT molecular complexity index is 1360. The molecule has 5 rings (SSSR count). The average molecular weight is 414 g/mol. The van der Waals surface area contributed by atoms with Crippen LogP contribution in [0.25, 0.3) is 16.4 Å². The number of carbonyl (C=O) groups excluding carboxylic acids is 2. The molecule has 7 nitrogen and oxygen atoms in total. The van der Waals surface area contributed by atoms with Gasteiger partial charge in [0.1, 0.15) is 16.9 Å². The summed E-state index contributed by atoms with van der Waals surface area (Å²) in [5, 5.41) is 4.84. The summed E-state index contributed by atoms with van der Waals surface area (Å²) in [7, 11) is 1.63. The van der Waals surface area contributed by atoms with E-state index in [-0.39, 0.29) is 12.5 Å². The van der Waals surface area contributed by atoms with Crippen LogP contribution < -0.4 is 10.1 Å². The van der Waals surface area contributed by atoms with E-state index in [1.54, 1.807) is 14.0 Å². The van der Waals surface area contributed by atoms with E-state index >= 15 is 0 Å². The van der Waals surface area contributed by atoms with Gasteiger partial charge in [-0.1, -0.05) is 24.3 Å². The molecule has 31 heavy (non-hydrogen) atoms. The highest BCUT2D eigenvalue weighted by Crippen LogP contribution is 2.32. The number of carbonyl (C=O) groups is 2. The molecule has 7 heteroatoms. The summed E-state index contributed by atoms with van der Waals surface area (Å²) in [6.45, 7) is 3.86. The van der Waals surface area contributed by atoms with Gasteiger partial charge in [-0.15, -0.1) is 0 Å². The lowest BCUT2D eigenvalue weighted by Crippen LogP contribution is -2.40. The van der Waals surface area contributed by atoms with E-state index in [4.69, 9.17) is 4.74 Å². The summed E-state index contributed by atoms with van der Waals surface area (Å²) in [5.74, 6) is 0.476. The van der Waals surface area contributed by atoms with Gasteiger partial charge in [-0.05, 0) is 60.0 Å². The second-order valence-electron chi connectivity index (χ2n) is 8.08. The second-order valence-corrected chi connectivity index (χ2v) is 8.08. The molecule has 2 aromatic carbocycles. The van der Waals surface area contributed by atoms with Crippen LogP contribution in [0.4, 0.5) is 4.79 Å². The first-order valence-electron chi connectivity index (χ1n) is 10.0. The molecule has 0 aliphatic carbocycles. The number of nitrogens with zero attached hydrogens (tertiary/aromatic N) is 3. The van der Waals surface area contributed by atoms with Crippen LogP contribution in [0.1, 0.15) is 23.7 Å². The predicted molar refractivity (Wildman–Crippen MR) is 117 cm³/mol. The summed E-state index contributed by atoms with van der Waals surface area (Å²) < 4.78 is 7.18. The summed E-state index contributed by atoms with van der Waals surface area (Å²) in [5.41, 5.74) is 2.13. The quantitative estimate of drug-likeness (QED) is 0.516. The molecule has 1 fully saturated rings. The molecule has 0 unspecified atom stereocenters. The van der Waals surface area contributed by atoms with Crippen molar-refractivity contribution in [1.82, 2.24) is 19.6 Å². The standard InChI is InChI=1S/C24H22N4O3/c1-15-4-9-21-25-19(13-27(21)12-15)14-28-22(29)24(2,26-23(28)30)18-7-5-17-11-20(31-3)8-6-16(17)10-18/h4-13H,14H2,1-3H3,(H,26,30)/t24-/m1/s1. The monoisotopic (exact) mass is 414 g/mol. The lowest BCUT2D eigenvalue weighted by molar-refractivity contribution is -0.131. The van der Waals surface area contributed by atoms with Crippen molar-refractivity contribution < 1.29 is 14.3 Å². The fourth-order valence-corrected chi connectivity index (χ4v) is 4.09. The number of fused-ring (bicyclic) bond motifs is 2. The van der Waals surface area contributed by atoms with E-state index < -0.39 is 11.6 Å². The van der Waals surface area contributed by atoms with Gasteiger partial charge in [0.2, 0.25) is 0 Å². The van der Waals surface area contributed by atoms with E-state index in [0.29, 0.717) is 5.69 Å². The number of imidazole rings is 1. The van der Waals surface area contributed by atoms with Crippen molar-refractivity contribution in [3.63, 3.8) is 0 Å². The summed E-state index contributed by atoms with van der Waals surface area (Å²) >= 11 is 0. The molecule has 1 N–H and O–H groups in total. The zero-order chi connectivity index (χ0) is 21.8. The topological polar surface area (TPSA) is 75.9 Å². The van der Waals surface area contributed by atoms with Crippen LogP contribution in [0.2, 0.25) is 0 Å². The van der Waals surface area contributed by atoms with Crippen molar-refractivity contribution in [3.8, 4) is 5.75 Å². The van der Waals surface area contributed by atoms with E-state index in [2.05, 4.69) is 10.3 Å². The number of benzene rings is 2. The fourth-order valence-electron chi connectivity index (χ4n) is 4.09. The van der Waals surface area contributed by atoms with Crippen LogP contribution in [0.5, 0.6) is 5.75 Å². The molecule has 0 saturated carbocycles. The van der Waals surface area contributed by atoms with Gasteiger partial charge in [-0.25, -0.2) is 9.78 Å². The number of pyridine rings is 1. The van der Waals surface area contributed by atoms with Crippen LogP contribution in [0.3, 0.4) is 0 Å². The molecule has 0 radical (unpaired) electrons. The summed E-state index contributed by atoms with van der Waals surface area (Å²) in [6, 6.07) is 15.0. The number of methoxy groups -OCH3 is 1.